The maximum absolute atomic E-state index is 15.0. The number of likely N-dealkylation sites (N-methyl/N-ethyl adjacent to an activating group) is 2. The summed E-state index contributed by atoms with van der Waals surface area (Å²) in [5.74, 6) is -7.14. The second kappa shape index (κ2) is 35.2. The first-order valence-corrected chi connectivity index (χ1v) is 36.5. The van der Waals surface area contributed by atoms with Crippen LogP contribution in [0, 0.1) is 57.2 Å². The van der Waals surface area contributed by atoms with Crippen LogP contribution in [0.3, 0.4) is 0 Å². The molecule has 2 saturated carbocycles. The number of carbonyl (C=O) groups is 11. The normalized spacial score (nSPS) is 24.3. The lowest BCUT2D eigenvalue weighted by atomic mass is 9.45. The number of likely N-dealkylation sites (tertiary alicyclic amines) is 1. The molecule has 5 unspecified atom stereocenters. The summed E-state index contributed by atoms with van der Waals surface area (Å²) in [6, 6.07) is 8.39. The van der Waals surface area contributed by atoms with E-state index in [4.69, 9.17) is 19.9 Å². The summed E-state index contributed by atoms with van der Waals surface area (Å²) in [5, 5.41) is 28.7. The zero-order chi connectivity index (χ0) is 77.1. The maximum Gasteiger partial charge on any atom is 0.410 e. The predicted octanol–water partition coefficient (Wildman–Crippen LogP) is 6.49. The number of methoxy groups -OCH3 is 2. The third-order valence-corrected chi connectivity index (χ3v) is 23.4. The van der Waals surface area contributed by atoms with Gasteiger partial charge in [-0.3, -0.25) is 48.1 Å². The Morgan fingerprint density at radius 3 is 1.97 bits per heavy atom. The van der Waals surface area contributed by atoms with E-state index in [1.165, 1.54) is 26.2 Å². The van der Waals surface area contributed by atoms with Crippen LogP contribution in [0.25, 0.3) is 0 Å². The van der Waals surface area contributed by atoms with Crippen molar-refractivity contribution in [2.24, 2.45) is 62.9 Å². The number of amides is 12. The minimum Gasteiger partial charge on any atom is -0.445 e. The number of carbonyl (C=O) groups excluding carboxylic acids is 11. The molecule has 17 atom stereocenters. The molecule has 572 valence electrons. The van der Waals surface area contributed by atoms with Gasteiger partial charge < -0.3 is 66.8 Å². The second-order valence-corrected chi connectivity index (χ2v) is 30.3. The van der Waals surface area contributed by atoms with Gasteiger partial charge in [0.25, 0.3) is 5.91 Å². The van der Waals surface area contributed by atoms with Crippen molar-refractivity contribution in [1.82, 2.24) is 51.7 Å². The highest BCUT2D eigenvalue weighted by Gasteiger charge is 3.05. The smallest absolute Gasteiger partial charge is 0.410 e. The Balaban J connectivity index is 1.08. The van der Waals surface area contributed by atoms with Crippen LogP contribution in [0.15, 0.2) is 66.7 Å². The van der Waals surface area contributed by atoms with Crippen molar-refractivity contribution in [3.05, 3.63) is 77.9 Å². The molecular weight excluding hydrogens is 1320 g/mol. The van der Waals surface area contributed by atoms with Crippen LogP contribution in [-0.2, 0) is 64.0 Å². The van der Waals surface area contributed by atoms with Gasteiger partial charge in [0.05, 0.1) is 60.1 Å². The van der Waals surface area contributed by atoms with Crippen LogP contribution >= 0.6 is 0 Å². The van der Waals surface area contributed by atoms with Crippen LogP contribution in [0.2, 0.25) is 0 Å². The molecule has 1 spiro atoms. The van der Waals surface area contributed by atoms with Crippen molar-refractivity contribution >= 4 is 71.0 Å². The second-order valence-electron chi connectivity index (χ2n) is 30.3. The van der Waals surface area contributed by atoms with E-state index in [-0.39, 0.29) is 62.5 Å². The number of urea groups is 1. The summed E-state index contributed by atoms with van der Waals surface area (Å²) in [7, 11) is 7.63. The van der Waals surface area contributed by atoms with Crippen molar-refractivity contribution in [3.8, 4) is 0 Å². The molecular formula is C76H118N12O15. The van der Waals surface area contributed by atoms with E-state index in [1.54, 1.807) is 116 Å². The number of primary amides is 1. The molecule has 103 heavy (non-hydrogen) atoms. The topological polar surface area (TPSA) is 359 Å². The zero-order valence-corrected chi connectivity index (χ0v) is 64.2. The fourth-order valence-corrected chi connectivity index (χ4v) is 17.4. The van der Waals surface area contributed by atoms with Gasteiger partial charge >= 0.3 is 12.1 Å². The third-order valence-electron chi connectivity index (χ3n) is 23.4. The standard InChI is InChI=1S/C76H118N12O15/c1-21-46(11)60(54(101-19)40-56(90)87-39-27-31-53(87)62(102-20)47(12)64(92)80-48(13)61(91)50-28-24-23-25-29-50)85(17)68(96)58(43(5)6)83-67(95)59(44(7)8)86(18)72(100)103-41-49-32-34-51(35-33-49)81-65(93)52(30-26-38-79-71(77)99)82-66(94)57(42(3)4)84-88-69(97)63-74(15,45(9)10)75(37-36-55(89)78-16)73(14,22-2)76(63,75)70(88)98/h23-25,28-29,32-35,42-44,46-48,52-54,57-63,84,91H,9,21-22,26-27,30-31,36-41H2,1-8,10-20H3,(H,78,89)(H,80,92)(H,81,93)(H,82,94)(H,83,95)(H3,77,79,99)/t46-,47+,48+,52-,53-,54+,57-,58-,59-,60-,61-,62+,63?,73?,74?,75?,76?/m0/s1. The van der Waals surface area contributed by atoms with Crippen LogP contribution in [-0.4, -0.2) is 193 Å². The average molecular weight is 1440 g/mol. The van der Waals surface area contributed by atoms with Crippen LogP contribution in [0.1, 0.15) is 172 Å². The molecule has 10 N–H and O–H groups in total. The summed E-state index contributed by atoms with van der Waals surface area (Å²) in [6.45, 7) is 30.3. The summed E-state index contributed by atoms with van der Waals surface area (Å²) in [5.41, 5.74) is 7.11. The number of nitrogens with one attached hydrogen (secondary N) is 7. The molecule has 27 nitrogen and oxygen atoms in total. The number of anilines is 1. The van der Waals surface area contributed by atoms with Gasteiger partial charge in [-0.25, -0.2) is 20.0 Å². The number of imide groups is 1. The number of nitrogens with zero attached hydrogens (tertiary/aromatic N) is 4. The van der Waals surface area contributed by atoms with E-state index >= 15 is 0 Å². The minimum atomic E-state index is -1.20. The number of benzene rings is 2. The molecule has 0 aromatic heterocycles. The van der Waals surface area contributed by atoms with Crippen LogP contribution < -0.4 is 43.1 Å². The summed E-state index contributed by atoms with van der Waals surface area (Å²) in [6.07, 6.45) is -0.187. The SMILES string of the molecule is C=C(C)C1(C)C2C(=O)N(N[C@H](C(=O)N[C@@H](CCCNC(N)=O)C(=O)Nc3ccc(COC(=O)N(C)[C@H](C(=O)N[C@H](C(=O)N(C)[C@@H]([C@@H](C)CC)[C@@H](CC(=O)N4CCC[C@H]4[C@H](OC)[C@@H](C)C(=O)N[C@H](C)[C@H](O)c4ccccc4)OC)C(C)C)C(C)C)cc3)C(C)C)C(=O)C23C(C)(CC)C13CCC(=O)NC. The molecule has 2 saturated heterocycles. The molecule has 12 amide bonds. The Labute approximate surface area is 608 Å². The van der Waals surface area contributed by atoms with Gasteiger partial charge in [-0.15, -0.1) is 0 Å². The maximum atomic E-state index is 15.0. The van der Waals surface area contributed by atoms with E-state index in [0.29, 0.717) is 55.5 Å². The molecule has 27 heteroatoms. The number of hydrazine groups is 1. The molecule has 0 radical (unpaired) electrons. The van der Waals surface area contributed by atoms with Crippen molar-refractivity contribution in [2.75, 3.05) is 53.8 Å². The number of aliphatic hydroxyl groups excluding tert-OH is 1. The third kappa shape index (κ3) is 16.6. The van der Waals surface area contributed by atoms with Crippen molar-refractivity contribution < 1.29 is 72.1 Å². The van der Waals surface area contributed by atoms with Crippen LogP contribution in [0.4, 0.5) is 15.3 Å². The number of aliphatic hydroxyl groups is 1. The van der Waals surface area contributed by atoms with Gasteiger partial charge in [0, 0.05) is 71.4 Å². The fourth-order valence-electron chi connectivity index (χ4n) is 17.4. The lowest BCUT2D eigenvalue weighted by Crippen LogP contribution is -2.60. The Bertz CT molecular complexity index is 3390. The van der Waals surface area contributed by atoms with E-state index in [0.717, 1.165) is 10.6 Å². The number of ether oxygens (including phenoxy) is 3. The summed E-state index contributed by atoms with van der Waals surface area (Å²) < 4.78 is 17.8. The predicted molar refractivity (Wildman–Crippen MR) is 389 cm³/mol. The van der Waals surface area contributed by atoms with E-state index < -0.39 is 159 Å². The van der Waals surface area contributed by atoms with Gasteiger partial charge in [-0.2, -0.15) is 0 Å². The molecule has 4 fully saturated rings. The molecule has 2 heterocycles. The zero-order valence-electron chi connectivity index (χ0n) is 64.2. The lowest BCUT2D eigenvalue weighted by molar-refractivity contribution is -0.148. The van der Waals surface area contributed by atoms with Crippen molar-refractivity contribution in [3.63, 3.8) is 0 Å². The Hall–Kier alpha value is -8.01. The van der Waals surface area contributed by atoms with E-state index in [9.17, 15) is 57.8 Å². The van der Waals surface area contributed by atoms with Gasteiger partial charge in [0.15, 0.2) is 0 Å². The number of nitrogens with two attached hydrogens (primary N) is 1. The Kier molecular flexibility index (Phi) is 28.7. The minimum absolute atomic E-state index is 0.0295. The summed E-state index contributed by atoms with van der Waals surface area (Å²) in [4.78, 5) is 159. The quantitative estimate of drug-likeness (QED) is 0.0197. The summed E-state index contributed by atoms with van der Waals surface area (Å²) >= 11 is 0. The van der Waals surface area contributed by atoms with Gasteiger partial charge in [0.1, 0.15) is 30.8 Å². The Morgan fingerprint density at radius 1 is 0.796 bits per heavy atom. The largest absolute Gasteiger partial charge is 0.445 e. The molecule has 2 aromatic carbocycles. The average Bonchev–Trinajstić information content (AvgIpc) is 1.38. The monoisotopic (exact) mass is 1440 g/mol. The van der Waals surface area contributed by atoms with Crippen molar-refractivity contribution in [1.29, 1.82) is 0 Å². The number of hydrogen-bond acceptors (Lipinski definition) is 16. The highest BCUT2D eigenvalue weighted by molar-refractivity contribution is 6.14. The molecule has 4 aliphatic rings. The van der Waals surface area contributed by atoms with Crippen LogP contribution in [0.5, 0.6) is 0 Å². The molecule has 0 bridgehead atoms. The van der Waals surface area contributed by atoms with E-state index in [1.807, 2.05) is 59.7 Å². The number of hydrogen-bond donors (Lipinski definition) is 9. The molecule has 6 rings (SSSR count). The first kappa shape index (κ1) is 83.9. The molecule has 2 aromatic rings. The number of allylic oxidation sites excluding steroid dienone is 1. The Morgan fingerprint density at radius 2 is 1.43 bits per heavy atom. The van der Waals surface area contributed by atoms with Crippen molar-refractivity contribution in [2.45, 2.75) is 222 Å². The van der Waals surface area contributed by atoms with Gasteiger partial charge in [-0.1, -0.05) is 144 Å². The molecule has 2 aliphatic carbocycles. The fraction of sp³-hybridized carbons (Fsp3) is 0.671. The van der Waals surface area contributed by atoms with Gasteiger partial charge in [0.2, 0.25) is 47.3 Å². The first-order chi connectivity index (χ1) is 48.4. The van der Waals surface area contributed by atoms with E-state index in [2.05, 4.69) is 43.9 Å². The number of rotatable bonds is 38. The molecule has 2 aliphatic heterocycles. The lowest BCUT2D eigenvalue weighted by Gasteiger charge is -2.55. The highest BCUT2D eigenvalue weighted by atomic mass is 16.6. The van der Waals surface area contributed by atoms with Gasteiger partial charge in [-0.05, 0) is 105 Å². The highest BCUT2D eigenvalue weighted by Crippen LogP contribution is 3.01. The first-order valence-electron chi connectivity index (χ1n) is 36.5.